The average molecular weight is 477 g/mol. The monoisotopic (exact) mass is 476 g/mol. The molecular formula is C24H28N8O3. The van der Waals surface area contributed by atoms with E-state index >= 15 is 0 Å². The molecule has 5 heterocycles. The van der Waals surface area contributed by atoms with E-state index in [0.717, 1.165) is 16.9 Å². The molecule has 1 amide bonds. The lowest BCUT2D eigenvalue weighted by molar-refractivity contribution is -0.194. The Hall–Kier alpha value is -3.57. The number of imidazole rings is 2. The molecule has 6 rings (SSSR count). The Kier molecular flexibility index (Phi) is 4.84. The summed E-state index contributed by atoms with van der Waals surface area (Å²) in [5, 5.41) is 11.5. The van der Waals surface area contributed by atoms with Crippen molar-refractivity contribution in [2.24, 2.45) is 0 Å². The zero-order valence-corrected chi connectivity index (χ0v) is 19.7. The molecule has 0 radical (unpaired) electrons. The predicted octanol–water partition coefficient (Wildman–Crippen LogP) is 1.98. The average Bonchev–Trinajstić information content (AvgIpc) is 3.41. The zero-order valence-electron chi connectivity index (χ0n) is 19.7. The second-order valence-electron chi connectivity index (χ2n) is 9.97. The number of ether oxygens (including phenoxy) is 1. The van der Waals surface area contributed by atoms with Crippen molar-refractivity contribution in [3.63, 3.8) is 0 Å². The number of carbonyl (C=O) groups is 1. The standard InChI is InChI=1S/C24H28N8O3/c1-14-29-16-4-3-15(9-17(16)30-14)22(33)31-7-5-24(6-8-31)11-23(2,34)18(10-35-24)32-13-28-19-20(25)26-12-27-21(19)32/h3-4,9,12-13,18,34H,5-8,10-11H2,1-2H3,(H,29,30)(H2,25,26,27)/t18-,23-/m1/s1. The van der Waals surface area contributed by atoms with Crippen molar-refractivity contribution in [1.29, 1.82) is 0 Å². The Morgan fingerprint density at radius 1 is 1.26 bits per heavy atom. The van der Waals surface area contributed by atoms with Crippen LogP contribution in [0.3, 0.4) is 0 Å². The number of hydrogen-bond acceptors (Lipinski definition) is 8. The fourth-order valence-corrected chi connectivity index (χ4v) is 5.63. The van der Waals surface area contributed by atoms with E-state index in [4.69, 9.17) is 10.5 Å². The largest absolute Gasteiger partial charge is 0.388 e. The van der Waals surface area contributed by atoms with E-state index in [0.29, 0.717) is 61.5 Å². The Labute approximate surface area is 201 Å². The van der Waals surface area contributed by atoms with Gasteiger partial charge < -0.3 is 30.0 Å². The number of nitrogens with two attached hydrogens (primary N) is 1. The quantitative estimate of drug-likeness (QED) is 0.398. The molecule has 0 unspecified atom stereocenters. The molecule has 0 saturated carbocycles. The van der Waals surface area contributed by atoms with E-state index in [1.165, 1.54) is 6.33 Å². The van der Waals surface area contributed by atoms with Gasteiger partial charge in [0.15, 0.2) is 11.5 Å². The maximum atomic E-state index is 13.2. The third-order valence-corrected chi connectivity index (χ3v) is 7.48. The van der Waals surface area contributed by atoms with E-state index < -0.39 is 11.2 Å². The molecule has 3 aromatic heterocycles. The van der Waals surface area contributed by atoms with Gasteiger partial charge in [0.05, 0.1) is 41.2 Å². The summed E-state index contributed by atoms with van der Waals surface area (Å²) in [5.74, 6) is 1.13. The van der Waals surface area contributed by atoms with Crippen molar-refractivity contribution >= 4 is 33.9 Å². The SMILES string of the molecule is Cc1nc2ccc(C(=O)N3CCC4(CC3)C[C@@](C)(O)[C@H](n3cnc5c(N)ncnc53)CO4)cc2[nH]1. The van der Waals surface area contributed by atoms with Crippen molar-refractivity contribution in [3.8, 4) is 0 Å². The van der Waals surface area contributed by atoms with Crippen molar-refractivity contribution in [1.82, 2.24) is 34.4 Å². The molecule has 182 valence electrons. The molecule has 2 fully saturated rings. The summed E-state index contributed by atoms with van der Waals surface area (Å²) in [6.45, 7) is 5.17. The van der Waals surface area contributed by atoms with Crippen LogP contribution in [0.25, 0.3) is 22.2 Å². The van der Waals surface area contributed by atoms with Crippen LogP contribution < -0.4 is 5.73 Å². The highest BCUT2D eigenvalue weighted by Crippen LogP contribution is 2.44. The highest BCUT2D eigenvalue weighted by atomic mass is 16.5. The number of nitrogens with one attached hydrogen (secondary N) is 1. The van der Waals surface area contributed by atoms with Crippen LogP contribution in [0.4, 0.5) is 5.82 Å². The Balaban J connectivity index is 1.17. The Bertz CT molecular complexity index is 1430. The van der Waals surface area contributed by atoms with Crippen molar-refractivity contribution in [2.45, 2.75) is 50.4 Å². The second-order valence-corrected chi connectivity index (χ2v) is 9.97. The number of H-pyrrole nitrogens is 1. The maximum absolute atomic E-state index is 13.2. The lowest BCUT2D eigenvalue weighted by Crippen LogP contribution is -2.57. The number of piperidine rings is 1. The van der Waals surface area contributed by atoms with Crippen molar-refractivity contribution in [3.05, 3.63) is 42.2 Å². The Morgan fingerprint density at radius 2 is 2.06 bits per heavy atom. The summed E-state index contributed by atoms with van der Waals surface area (Å²) < 4.78 is 8.24. The van der Waals surface area contributed by atoms with E-state index in [-0.39, 0.29) is 11.9 Å². The first-order valence-corrected chi connectivity index (χ1v) is 11.8. The number of aromatic nitrogens is 6. The molecule has 1 aromatic carbocycles. The molecule has 11 heteroatoms. The van der Waals surface area contributed by atoms with E-state index in [9.17, 15) is 9.90 Å². The molecule has 0 aliphatic carbocycles. The summed E-state index contributed by atoms with van der Waals surface area (Å²) in [6.07, 6.45) is 4.80. The van der Waals surface area contributed by atoms with Crippen LogP contribution in [0.15, 0.2) is 30.9 Å². The minimum absolute atomic E-state index is 0.00314. The number of rotatable bonds is 2. The van der Waals surface area contributed by atoms with Crippen LogP contribution >= 0.6 is 0 Å². The molecule has 2 aliphatic rings. The number of fused-ring (bicyclic) bond motifs is 2. The minimum atomic E-state index is -1.05. The minimum Gasteiger partial charge on any atom is -0.388 e. The normalized spacial score (nSPS) is 24.4. The van der Waals surface area contributed by atoms with Crippen LogP contribution in [0.1, 0.15) is 48.4 Å². The number of aromatic amines is 1. The number of carbonyl (C=O) groups excluding carboxylic acids is 1. The lowest BCUT2D eigenvalue weighted by Gasteiger charge is -2.51. The van der Waals surface area contributed by atoms with Gasteiger partial charge in [0.1, 0.15) is 17.7 Å². The molecule has 1 spiro atoms. The fraction of sp³-hybridized carbons (Fsp3) is 0.458. The maximum Gasteiger partial charge on any atom is 0.253 e. The molecule has 2 aliphatic heterocycles. The predicted molar refractivity (Wildman–Crippen MR) is 129 cm³/mol. The number of aryl methyl sites for hydroxylation is 1. The molecular weight excluding hydrogens is 448 g/mol. The van der Waals surface area contributed by atoms with Gasteiger partial charge in [0.25, 0.3) is 5.91 Å². The third-order valence-electron chi connectivity index (χ3n) is 7.48. The van der Waals surface area contributed by atoms with E-state index in [1.54, 1.807) is 6.33 Å². The molecule has 2 saturated heterocycles. The number of hydrogen-bond donors (Lipinski definition) is 3. The van der Waals surface area contributed by atoms with Gasteiger partial charge in [-0.3, -0.25) is 4.79 Å². The molecule has 35 heavy (non-hydrogen) atoms. The van der Waals surface area contributed by atoms with Crippen molar-refractivity contribution < 1.29 is 14.6 Å². The first kappa shape index (κ1) is 21.9. The fourth-order valence-electron chi connectivity index (χ4n) is 5.63. The zero-order chi connectivity index (χ0) is 24.4. The number of aliphatic hydroxyl groups is 1. The Morgan fingerprint density at radius 3 is 2.83 bits per heavy atom. The van der Waals surface area contributed by atoms with Gasteiger partial charge in [-0.2, -0.15) is 0 Å². The number of amides is 1. The van der Waals surface area contributed by atoms with Gasteiger partial charge >= 0.3 is 0 Å². The summed E-state index contributed by atoms with van der Waals surface area (Å²) in [5.41, 5.74) is 7.83. The molecule has 4 N–H and O–H groups in total. The highest BCUT2D eigenvalue weighted by molar-refractivity contribution is 5.97. The third kappa shape index (κ3) is 3.62. The summed E-state index contributed by atoms with van der Waals surface area (Å²) in [7, 11) is 0. The number of likely N-dealkylation sites (tertiary alicyclic amines) is 1. The molecule has 0 bridgehead atoms. The number of benzene rings is 1. The topological polar surface area (TPSA) is 148 Å². The van der Waals surface area contributed by atoms with Crippen LogP contribution in [0.5, 0.6) is 0 Å². The van der Waals surface area contributed by atoms with Crippen LogP contribution in [0.2, 0.25) is 0 Å². The van der Waals surface area contributed by atoms with Gasteiger partial charge in [0.2, 0.25) is 0 Å². The summed E-state index contributed by atoms with van der Waals surface area (Å²) in [4.78, 5) is 35.3. The lowest BCUT2D eigenvalue weighted by atomic mass is 9.75. The molecule has 4 aromatic rings. The first-order valence-electron chi connectivity index (χ1n) is 11.8. The van der Waals surface area contributed by atoms with Gasteiger partial charge in [-0.25, -0.2) is 19.9 Å². The van der Waals surface area contributed by atoms with Gasteiger partial charge in [-0.05, 0) is 44.9 Å². The van der Waals surface area contributed by atoms with Gasteiger partial charge in [-0.1, -0.05) is 0 Å². The summed E-state index contributed by atoms with van der Waals surface area (Å²) in [6, 6.07) is 5.20. The van der Waals surface area contributed by atoms with Gasteiger partial charge in [-0.15, -0.1) is 0 Å². The molecule has 2 atom stereocenters. The van der Waals surface area contributed by atoms with E-state index in [1.807, 2.05) is 41.5 Å². The van der Waals surface area contributed by atoms with E-state index in [2.05, 4.69) is 24.9 Å². The van der Waals surface area contributed by atoms with Crippen LogP contribution in [-0.4, -0.2) is 76.3 Å². The first-order chi connectivity index (χ1) is 16.7. The number of nitrogens with zero attached hydrogens (tertiary/aromatic N) is 6. The second kappa shape index (κ2) is 7.72. The highest BCUT2D eigenvalue weighted by Gasteiger charge is 2.50. The van der Waals surface area contributed by atoms with Crippen LogP contribution in [-0.2, 0) is 4.74 Å². The molecule has 11 nitrogen and oxygen atoms in total. The van der Waals surface area contributed by atoms with Gasteiger partial charge in [0, 0.05) is 25.1 Å². The van der Waals surface area contributed by atoms with Crippen LogP contribution in [0, 0.1) is 6.92 Å². The number of nitrogen functional groups attached to an aromatic ring is 1. The smallest absolute Gasteiger partial charge is 0.253 e. The van der Waals surface area contributed by atoms with Crippen molar-refractivity contribution in [2.75, 3.05) is 25.4 Å². The summed E-state index contributed by atoms with van der Waals surface area (Å²) >= 11 is 0. The number of anilines is 1.